The lowest BCUT2D eigenvalue weighted by molar-refractivity contribution is 0.416. The summed E-state index contributed by atoms with van der Waals surface area (Å²) in [5.74, 6) is 0.812. The minimum absolute atomic E-state index is 0.779. The maximum atomic E-state index is 5.29. The van der Waals surface area contributed by atoms with Gasteiger partial charge in [-0.3, -0.25) is 0 Å². The molecule has 0 aliphatic carbocycles. The molecule has 0 N–H and O–H groups in total. The number of benzene rings is 1. The highest BCUT2D eigenvalue weighted by atomic mass is 32.1. The summed E-state index contributed by atoms with van der Waals surface area (Å²) >= 11 is 1.48. The third-order valence-electron chi connectivity index (χ3n) is 2.22. The smallest absolute Gasteiger partial charge is 0.234 e. The molecule has 0 unspecified atom stereocenters. The van der Waals surface area contributed by atoms with Gasteiger partial charge < -0.3 is 4.74 Å². The molecule has 0 amide bonds. The molecule has 2 aromatic heterocycles. The van der Waals surface area contributed by atoms with E-state index in [2.05, 4.69) is 15.3 Å². The molecule has 0 saturated heterocycles. The van der Waals surface area contributed by atoms with Crippen LogP contribution in [0.1, 0.15) is 0 Å². The van der Waals surface area contributed by atoms with Gasteiger partial charge in [0.1, 0.15) is 12.1 Å². The van der Waals surface area contributed by atoms with Crippen molar-refractivity contribution in [2.24, 2.45) is 0 Å². The van der Waals surface area contributed by atoms with Crippen LogP contribution >= 0.6 is 11.3 Å². The predicted octanol–water partition coefficient (Wildman–Crippen LogP) is 1.86. The van der Waals surface area contributed by atoms with E-state index in [0.29, 0.717) is 0 Å². The molecule has 2 heterocycles. The minimum atomic E-state index is 0.779. The Hall–Kier alpha value is -1.95. The number of ether oxygens (including phenoxy) is 1. The molecule has 5 nitrogen and oxygen atoms in total. The molecule has 0 spiro atoms. The molecule has 3 rings (SSSR count). The molecule has 1 aromatic carbocycles. The standard InChI is InChI=1S/C10H8N4OS/c1-15-8-5-3-2-4-7(8)9-13-14-6-11-12-10(14)16-9/h2-6H,1H3. The Morgan fingerprint density at radius 3 is 3.00 bits per heavy atom. The first-order chi connectivity index (χ1) is 7.88. The summed E-state index contributed by atoms with van der Waals surface area (Å²) in [6.07, 6.45) is 1.59. The zero-order valence-electron chi connectivity index (χ0n) is 8.49. The van der Waals surface area contributed by atoms with Crippen LogP contribution in [-0.2, 0) is 0 Å². The highest BCUT2D eigenvalue weighted by molar-refractivity contribution is 7.19. The van der Waals surface area contributed by atoms with Crippen molar-refractivity contribution in [3.05, 3.63) is 30.6 Å². The average molecular weight is 232 g/mol. The number of rotatable bonds is 2. The largest absolute Gasteiger partial charge is 0.496 e. The molecule has 0 bridgehead atoms. The predicted molar refractivity (Wildman–Crippen MR) is 60.6 cm³/mol. The number of methoxy groups -OCH3 is 1. The van der Waals surface area contributed by atoms with E-state index < -0.39 is 0 Å². The van der Waals surface area contributed by atoms with Crippen molar-refractivity contribution in [2.45, 2.75) is 0 Å². The second-order valence-electron chi connectivity index (χ2n) is 3.17. The molecule has 0 radical (unpaired) electrons. The summed E-state index contributed by atoms with van der Waals surface area (Å²) in [7, 11) is 1.65. The van der Waals surface area contributed by atoms with Gasteiger partial charge in [-0.25, -0.2) is 0 Å². The molecule has 0 saturated carbocycles. The number of para-hydroxylation sites is 1. The molecule has 6 heteroatoms. The van der Waals surface area contributed by atoms with Crippen LogP contribution in [-0.4, -0.2) is 26.9 Å². The number of hydrogen-bond donors (Lipinski definition) is 0. The van der Waals surface area contributed by atoms with E-state index in [1.807, 2.05) is 24.3 Å². The van der Waals surface area contributed by atoms with E-state index in [4.69, 9.17) is 4.74 Å². The van der Waals surface area contributed by atoms with E-state index in [1.54, 1.807) is 18.0 Å². The van der Waals surface area contributed by atoms with Gasteiger partial charge in [-0.05, 0) is 12.1 Å². The molecule has 0 atom stereocenters. The van der Waals surface area contributed by atoms with Crippen molar-refractivity contribution < 1.29 is 4.74 Å². The fourth-order valence-corrected chi connectivity index (χ4v) is 2.34. The Morgan fingerprint density at radius 1 is 1.31 bits per heavy atom. The topological polar surface area (TPSA) is 52.3 Å². The van der Waals surface area contributed by atoms with Crippen molar-refractivity contribution in [2.75, 3.05) is 7.11 Å². The molecule has 0 fully saturated rings. The first-order valence-electron chi connectivity index (χ1n) is 4.69. The maximum Gasteiger partial charge on any atom is 0.234 e. The van der Waals surface area contributed by atoms with E-state index >= 15 is 0 Å². The van der Waals surface area contributed by atoms with Crippen molar-refractivity contribution in [1.29, 1.82) is 0 Å². The van der Waals surface area contributed by atoms with E-state index in [-0.39, 0.29) is 0 Å². The molecule has 3 aromatic rings. The summed E-state index contributed by atoms with van der Waals surface area (Å²) in [5, 5.41) is 13.0. The van der Waals surface area contributed by atoms with Crippen LogP contribution in [0.15, 0.2) is 30.6 Å². The van der Waals surface area contributed by atoms with Gasteiger partial charge in [0.2, 0.25) is 4.96 Å². The van der Waals surface area contributed by atoms with Gasteiger partial charge in [-0.2, -0.15) is 9.61 Å². The summed E-state index contributed by atoms with van der Waals surface area (Å²) in [6.45, 7) is 0. The van der Waals surface area contributed by atoms with Gasteiger partial charge in [0.05, 0.1) is 12.7 Å². The number of aromatic nitrogens is 4. The van der Waals surface area contributed by atoms with Crippen LogP contribution < -0.4 is 4.74 Å². The first-order valence-corrected chi connectivity index (χ1v) is 5.50. The van der Waals surface area contributed by atoms with Gasteiger partial charge in [0.25, 0.3) is 0 Å². The zero-order chi connectivity index (χ0) is 11.0. The number of fused-ring (bicyclic) bond motifs is 1. The van der Waals surface area contributed by atoms with Crippen LogP contribution in [0.4, 0.5) is 0 Å². The molecule has 0 aliphatic rings. The third-order valence-corrected chi connectivity index (χ3v) is 3.17. The zero-order valence-corrected chi connectivity index (χ0v) is 9.31. The van der Waals surface area contributed by atoms with Gasteiger partial charge in [-0.1, -0.05) is 23.5 Å². The Balaban J connectivity index is 2.18. The summed E-state index contributed by atoms with van der Waals surface area (Å²) < 4.78 is 6.95. The Kier molecular flexibility index (Phi) is 2.07. The lowest BCUT2D eigenvalue weighted by Crippen LogP contribution is -1.88. The maximum absolute atomic E-state index is 5.29. The van der Waals surface area contributed by atoms with Gasteiger partial charge in [0.15, 0.2) is 5.01 Å². The SMILES string of the molecule is COc1ccccc1-c1nn2cnnc2s1. The highest BCUT2D eigenvalue weighted by Crippen LogP contribution is 2.32. The lowest BCUT2D eigenvalue weighted by Gasteiger charge is -2.03. The quantitative estimate of drug-likeness (QED) is 0.676. The number of hydrogen-bond acceptors (Lipinski definition) is 5. The Morgan fingerprint density at radius 2 is 2.19 bits per heavy atom. The van der Waals surface area contributed by atoms with Crippen LogP contribution in [0.3, 0.4) is 0 Å². The fourth-order valence-electron chi connectivity index (χ4n) is 1.49. The normalized spacial score (nSPS) is 10.8. The lowest BCUT2D eigenvalue weighted by atomic mass is 10.2. The van der Waals surface area contributed by atoms with Gasteiger partial charge >= 0.3 is 0 Å². The van der Waals surface area contributed by atoms with E-state index in [1.165, 1.54) is 11.3 Å². The summed E-state index contributed by atoms with van der Waals surface area (Å²) in [6, 6.07) is 7.78. The third kappa shape index (κ3) is 1.35. The molecule has 16 heavy (non-hydrogen) atoms. The molecular weight excluding hydrogens is 224 g/mol. The summed E-state index contributed by atoms with van der Waals surface area (Å²) in [5.41, 5.74) is 0.973. The first kappa shape index (κ1) is 9.29. The second-order valence-corrected chi connectivity index (χ2v) is 4.12. The number of nitrogens with zero attached hydrogens (tertiary/aromatic N) is 4. The van der Waals surface area contributed by atoms with Crippen LogP contribution in [0.2, 0.25) is 0 Å². The molecule has 0 aliphatic heterocycles. The Bertz CT molecular complexity index is 602. The highest BCUT2D eigenvalue weighted by Gasteiger charge is 2.11. The summed E-state index contributed by atoms with van der Waals surface area (Å²) in [4.78, 5) is 0.779. The van der Waals surface area contributed by atoms with Crippen LogP contribution in [0.25, 0.3) is 15.5 Å². The van der Waals surface area contributed by atoms with E-state index in [0.717, 1.165) is 21.3 Å². The van der Waals surface area contributed by atoms with Crippen LogP contribution in [0, 0.1) is 0 Å². The van der Waals surface area contributed by atoms with Crippen molar-refractivity contribution in [3.8, 4) is 16.3 Å². The van der Waals surface area contributed by atoms with Crippen molar-refractivity contribution in [3.63, 3.8) is 0 Å². The van der Waals surface area contributed by atoms with E-state index in [9.17, 15) is 0 Å². The van der Waals surface area contributed by atoms with Crippen molar-refractivity contribution >= 4 is 16.3 Å². The monoisotopic (exact) mass is 232 g/mol. The fraction of sp³-hybridized carbons (Fsp3) is 0.100. The minimum Gasteiger partial charge on any atom is -0.496 e. The molecule has 80 valence electrons. The second kappa shape index (κ2) is 3.57. The van der Waals surface area contributed by atoms with Crippen LogP contribution in [0.5, 0.6) is 5.75 Å². The average Bonchev–Trinajstić information content (AvgIpc) is 2.89. The van der Waals surface area contributed by atoms with Gasteiger partial charge in [0, 0.05) is 0 Å². The molecular formula is C10H8N4OS. The van der Waals surface area contributed by atoms with Gasteiger partial charge in [-0.15, -0.1) is 10.2 Å². The Labute approximate surface area is 95.3 Å². The van der Waals surface area contributed by atoms with Crippen molar-refractivity contribution in [1.82, 2.24) is 19.8 Å².